The normalized spacial score (nSPS) is 12.5. The molecule has 0 amide bonds. The van der Waals surface area contributed by atoms with E-state index in [1.807, 2.05) is 0 Å². The molecule has 0 spiro atoms. The van der Waals surface area contributed by atoms with Crippen LogP contribution in [0.2, 0.25) is 0 Å². The third-order valence-electron chi connectivity index (χ3n) is 6.58. The minimum Gasteiger partial charge on any atom is -0.432 e. The Morgan fingerprint density at radius 1 is 1.07 bits per heavy atom. The summed E-state index contributed by atoms with van der Waals surface area (Å²) < 4.78 is 61.4. The van der Waals surface area contributed by atoms with E-state index in [1.54, 1.807) is 25.3 Å². The van der Waals surface area contributed by atoms with Crippen LogP contribution in [-0.2, 0) is 0 Å². The van der Waals surface area contributed by atoms with Crippen molar-refractivity contribution in [2.45, 2.75) is 26.5 Å². The summed E-state index contributed by atoms with van der Waals surface area (Å²) in [5, 5.41) is 6.72. The van der Waals surface area contributed by atoms with Gasteiger partial charge in [0, 0.05) is 16.6 Å². The van der Waals surface area contributed by atoms with Crippen LogP contribution in [0, 0.1) is 18.6 Å². The van der Waals surface area contributed by atoms with Gasteiger partial charge >= 0.3 is 6.61 Å². The average Bonchev–Trinajstić information content (AvgIpc) is 3.51. The SMILES string of the molecule is Cc1csc2nc([C@H](C)n3nc(-c4ccc(OC(F)F)c(F)c4)c4c(N)ncnc43)c(-c3cccc(F)c3)c(=O)n12. The summed E-state index contributed by atoms with van der Waals surface area (Å²) in [5.74, 6) is -2.15. The van der Waals surface area contributed by atoms with E-state index in [9.17, 15) is 22.4 Å². The highest BCUT2D eigenvalue weighted by atomic mass is 32.1. The first-order valence-electron chi connectivity index (χ1n) is 12.1. The number of nitrogens with zero attached hydrogens (tertiary/aromatic N) is 6. The van der Waals surface area contributed by atoms with Crippen molar-refractivity contribution in [3.05, 3.63) is 87.5 Å². The number of benzene rings is 2. The molecule has 0 saturated carbocycles. The molecule has 4 aromatic heterocycles. The maximum atomic E-state index is 14.7. The van der Waals surface area contributed by atoms with Gasteiger partial charge in [-0.1, -0.05) is 12.1 Å². The van der Waals surface area contributed by atoms with Crippen molar-refractivity contribution in [2.24, 2.45) is 0 Å². The number of halogens is 4. The summed E-state index contributed by atoms with van der Waals surface area (Å²) in [7, 11) is 0. The fourth-order valence-electron chi connectivity index (χ4n) is 4.74. The maximum absolute atomic E-state index is 14.7. The molecule has 0 fully saturated rings. The Kier molecular flexibility index (Phi) is 6.41. The molecule has 14 heteroatoms. The van der Waals surface area contributed by atoms with E-state index in [2.05, 4.69) is 19.8 Å². The van der Waals surface area contributed by atoms with E-state index in [4.69, 9.17) is 10.7 Å². The lowest BCUT2D eigenvalue weighted by Gasteiger charge is -2.17. The van der Waals surface area contributed by atoms with Crippen molar-refractivity contribution in [2.75, 3.05) is 5.73 Å². The van der Waals surface area contributed by atoms with Crippen LogP contribution in [0.3, 0.4) is 0 Å². The Labute approximate surface area is 232 Å². The number of ether oxygens (including phenoxy) is 1. The molecular formula is C27H19F4N7O2S. The number of rotatable bonds is 6. The Hall–Kier alpha value is -4.85. The second-order valence-corrected chi connectivity index (χ2v) is 9.97. The fourth-order valence-corrected chi connectivity index (χ4v) is 5.60. The molecule has 4 heterocycles. The van der Waals surface area contributed by atoms with E-state index >= 15 is 0 Å². The first kappa shape index (κ1) is 26.4. The molecule has 9 nitrogen and oxygen atoms in total. The molecule has 0 aliphatic rings. The molecule has 41 heavy (non-hydrogen) atoms. The lowest BCUT2D eigenvalue weighted by molar-refractivity contribution is -0.0521. The maximum Gasteiger partial charge on any atom is 0.387 e. The van der Waals surface area contributed by atoms with Gasteiger partial charge in [-0.25, -0.2) is 28.4 Å². The monoisotopic (exact) mass is 581 g/mol. The molecule has 6 rings (SSSR count). The van der Waals surface area contributed by atoms with Crippen molar-refractivity contribution in [3.8, 4) is 28.1 Å². The number of alkyl halides is 2. The van der Waals surface area contributed by atoms with Crippen LogP contribution in [0.1, 0.15) is 24.4 Å². The predicted molar refractivity (Wildman–Crippen MR) is 145 cm³/mol. The summed E-state index contributed by atoms with van der Waals surface area (Å²) in [6, 6.07) is 8.28. The van der Waals surface area contributed by atoms with E-state index in [-0.39, 0.29) is 39.2 Å². The first-order chi connectivity index (χ1) is 19.6. The molecule has 2 N–H and O–H groups in total. The van der Waals surface area contributed by atoms with E-state index in [0.717, 1.165) is 12.1 Å². The summed E-state index contributed by atoms with van der Waals surface area (Å²) in [4.78, 5) is 27.4. The van der Waals surface area contributed by atoms with Crippen molar-refractivity contribution < 1.29 is 22.3 Å². The quantitative estimate of drug-likeness (QED) is 0.255. The molecule has 6 aromatic rings. The molecule has 208 valence electrons. The molecule has 0 unspecified atom stereocenters. The molecule has 0 aliphatic heterocycles. The van der Waals surface area contributed by atoms with Crippen LogP contribution < -0.4 is 16.0 Å². The molecule has 0 bridgehead atoms. The lowest BCUT2D eigenvalue weighted by atomic mass is 10.0. The second-order valence-electron chi connectivity index (χ2n) is 9.13. The third-order valence-corrected chi connectivity index (χ3v) is 7.53. The van der Waals surface area contributed by atoms with Crippen molar-refractivity contribution in [1.82, 2.24) is 29.1 Å². The highest BCUT2D eigenvalue weighted by Gasteiger charge is 2.27. The number of hydrogen-bond donors (Lipinski definition) is 1. The number of nitrogens with two attached hydrogens (primary N) is 1. The Bertz CT molecular complexity index is 2020. The van der Waals surface area contributed by atoms with Crippen LogP contribution in [0.15, 0.2) is 59.0 Å². The second kappa shape index (κ2) is 9.96. The zero-order chi connectivity index (χ0) is 29.0. The van der Waals surface area contributed by atoms with Gasteiger partial charge < -0.3 is 10.5 Å². The predicted octanol–water partition coefficient (Wildman–Crippen LogP) is 5.61. The summed E-state index contributed by atoms with van der Waals surface area (Å²) in [6.45, 7) is 0.305. The summed E-state index contributed by atoms with van der Waals surface area (Å²) >= 11 is 1.27. The van der Waals surface area contributed by atoms with Gasteiger partial charge in [-0.05, 0) is 49.7 Å². The van der Waals surface area contributed by atoms with Gasteiger partial charge in [-0.15, -0.1) is 11.3 Å². The molecular weight excluding hydrogens is 562 g/mol. The topological polar surface area (TPSA) is 113 Å². The van der Waals surface area contributed by atoms with Gasteiger partial charge in [0.2, 0.25) is 0 Å². The smallest absolute Gasteiger partial charge is 0.387 e. The third kappa shape index (κ3) is 4.45. The van der Waals surface area contributed by atoms with Crippen molar-refractivity contribution in [3.63, 3.8) is 0 Å². The van der Waals surface area contributed by atoms with Gasteiger partial charge in [0.05, 0.1) is 22.7 Å². The van der Waals surface area contributed by atoms with E-state index in [0.29, 0.717) is 21.9 Å². The number of nitrogen functional groups attached to an aromatic ring is 1. The van der Waals surface area contributed by atoms with E-state index in [1.165, 1.54) is 51.0 Å². The number of fused-ring (bicyclic) bond motifs is 2. The van der Waals surface area contributed by atoms with Crippen LogP contribution in [0.25, 0.3) is 38.4 Å². The van der Waals surface area contributed by atoms with Crippen molar-refractivity contribution in [1.29, 1.82) is 0 Å². The summed E-state index contributed by atoms with van der Waals surface area (Å²) in [5.41, 5.74) is 7.89. The van der Waals surface area contributed by atoms with Gasteiger partial charge in [0.25, 0.3) is 5.56 Å². The summed E-state index contributed by atoms with van der Waals surface area (Å²) in [6.07, 6.45) is 1.23. The highest BCUT2D eigenvalue weighted by molar-refractivity contribution is 7.15. The van der Waals surface area contributed by atoms with Gasteiger partial charge in [0.15, 0.2) is 22.2 Å². The van der Waals surface area contributed by atoms with Gasteiger partial charge in [-0.3, -0.25) is 9.20 Å². The Morgan fingerprint density at radius 2 is 1.88 bits per heavy atom. The van der Waals surface area contributed by atoms with Crippen molar-refractivity contribution >= 4 is 33.1 Å². The standard InChI is InChI=1S/C27H19F4N7O2S/c1-12-10-41-27-35-21(19(25(39)37(12)27)14-4-3-5-16(28)8-14)13(2)38-24-20(23(32)33-11-34-24)22(36-38)15-6-7-18(17(29)9-15)40-26(30)31/h3-11,13,26H,1-2H3,(H2,32,33,34)/t13-/m0/s1. The minimum atomic E-state index is -3.20. The van der Waals surface area contributed by atoms with Gasteiger partial charge in [-0.2, -0.15) is 13.9 Å². The highest BCUT2D eigenvalue weighted by Crippen LogP contribution is 2.36. The first-order valence-corrected chi connectivity index (χ1v) is 13.0. The molecule has 0 saturated heterocycles. The van der Waals surface area contributed by atoms with Crippen LogP contribution in [-0.4, -0.2) is 35.7 Å². The molecule has 2 aromatic carbocycles. The van der Waals surface area contributed by atoms with Crippen LogP contribution in [0.4, 0.5) is 23.4 Å². The number of aryl methyl sites for hydroxylation is 1. The number of thiazole rings is 1. The average molecular weight is 582 g/mol. The Morgan fingerprint density at radius 3 is 2.61 bits per heavy atom. The Balaban J connectivity index is 1.59. The minimum absolute atomic E-state index is 0.0412. The number of aromatic nitrogens is 6. The zero-order valence-electron chi connectivity index (χ0n) is 21.3. The fraction of sp³-hybridized carbons (Fsp3) is 0.148. The van der Waals surface area contributed by atoms with Gasteiger partial charge in [0.1, 0.15) is 23.7 Å². The molecule has 0 aliphatic carbocycles. The van der Waals surface area contributed by atoms with E-state index < -0.39 is 30.0 Å². The largest absolute Gasteiger partial charge is 0.432 e. The van der Waals surface area contributed by atoms with Crippen LogP contribution in [0.5, 0.6) is 5.75 Å². The molecule has 0 radical (unpaired) electrons. The zero-order valence-corrected chi connectivity index (χ0v) is 22.2. The number of anilines is 1. The van der Waals surface area contributed by atoms with Crippen LogP contribution >= 0.6 is 11.3 Å². The number of hydrogen-bond acceptors (Lipinski definition) is 8. The molecule has 1 atom stereocenters. The lowest BCUT2D eigenvalue weighted by Crippen LogP contribution is -2.23.